The predicted molar refractivity (Wildman–Crippen MR) is 90.4 cm³/mol. The molecule has 0 radical (unpaired) electrons. The van der Waals surface area contributed by atoms with Crippen LogP contribution in [0.2, 0.25) is 0 Å². The molecule has 23 heavy (non-hydrogen) atoms. The van der Waals surface area contributed by atoms with Crippen molar-refractivity contribution >= 4 is 17.2 Å². The molecule has 0 spiro atoms. The molecule has 0 fully saturated rings. The molecule has 2 N–H and O–H groups in total. The van der Waals surface area contributed by atoms with Crippen molar-refractivity contribution in [1.82, 2.24) is 4.98 Å². The number of hydrogen-bond acceptors (Lipinski definition) is 3. The number of benzene rings is 2. The topological polar surface area (TPSA) is 51.3 Å². The van der Waals surface area contributed by atoms with Crippen LogP contribution in [0.3, 0.4) is 0 Å². The molecule has 0 amide bonds. The van der Waals surface area contributed by atoms with Gasteiger partial charge < -0.3 is 5.73 Å². The molecule has 112 valence electrons. The van der Waals surface area contributed by atoms with Crippen LogP contribution in [0.15, 0.2) is 65.8 Å². The number of fused-ring (bicyclic) bond motifs is 1. The number of nitrogen functional groups attached to an aromatic ring is 1. The van der Waals surface area contributed by atoms with Crippen LogP contribution < -0.4 is 5.73 Å². The quantitative estimate of drug-likeness (QED) is 0.723. The number of aliphatic imine (C=N–C) groups is 1. The molecule has 0 saturated carbocycles. The fourth-order valence-corrected chi connectivity index (χ4v) is 2.79. The second-order valence-corrected chi connectivity index (χ2v) is 5.55. The molecule has 1 aliphatic heterocycles. The van der Waals surface area contributed by atoms with Crippen molar-refractivity contribution in [3.05, 3.63) is 77.7 Å². The van der Waals surface area contributed by atoms with Gasteiger partial charge in [-0.2, -0.15) is 0 Å². The number of aromatic nitrogens is 1. The van der Waals surface area contributed by atoms with Crippen molar-refractivity contribution in [2.45, 2.75) is 6.42 Å². The number of hydrogen-bond donors (Lipinski definition) is 1. The monoisotopic (exact) mass is 303 g/mol. The van der Waals surface area contributed by atoms with E-state index in [9.17, 15) is 4.39 Å². The number of rotatable bonds is 2. The first-order valence-electron chi connectivity index (χ1n) is 7.38. The van der Waals surface area contributed by atoms with E-state index >= 15 is 0 Å². The number of anilines is 1. The fourth-order valence-electron chi connectivity index (χ4n) is 2.79. The van der Waals surface area contributed by atoms with Gasteiger partial charge in [-0.1, -0.05) is 30.3 Å². The van der Waals surface area contributed by atoms with Gasteiger partial charge in [-0.15, -0.1) is 0 Å². The summed E-state index contributed by atoms with van der Waals surface area (Å²) in [6, 6.07) is 16.7. The number of nitrogens with two attached hydrogens (primary N) is 1. The number of halogens is 1. The van der Waals surface area contributed by atoms with E-state index in [-0.39, 0.29) is 5.82 Å². The molecule has 0 bridgehead atoms. The molecule has 4 rings (SSSR count). The van der Waals surface area contributed by atoms with Gasteiger partial charge in [0, 0.05) is 35.0 Å². The zero-order valence-electron chi connectivity index (χ0n) is 12.3. The van der Waals surface area contributed by atoms with Crippen molar-refractivity contribution in [3.63, 3.8) is 0 Å². The normalized spacial score (nSPS) is 12.8. The molecule has 2 heterocycles. The van der Waals surface area contributed by atoms with Crippen molar-refractivity contribution in [2.75, 3.05) is 5.73 Å². The van der Waals surface area contributed by atoms with Gasteiger partial charge in [0.1, 0.15) is 5.82 Å². The van der Waals surface area contributed by atoms with Crippen LogP contribution in [0, 0.1) is 5.82 Å². The number of pyridine rings is 1. The van der Waals surface area contributed by atoms with Crippen molar-refractivity contribution in [3.8, 4) is 11.1 Å². The van der Waals surface area contributed by atoms with Gasteiger partial charge in [0.2, 0.25) is 0 Å². The Bertz CT molecular complexity index is 917. The van der Waals surface area contributed by atoms with E-state index in [1.165, 1.54) is 6.07 Å². The SMILES string of the molecule is Nc1ccc(F)c(C2=Nc3ncc(-c4ccccc4)cc3C2)c1. The smallest absolute Gasteiger partial charge is 0.155 e. The van der Waals surface area contributed by atoms with E-state index < -0.39 is 0 Å². The summed E-state index contributed by atoms with van der Waals surface area (Å²) in [4.78, 5) is 8.89. The van der Waals surface area contributed by atoms with Crippen LogP contribution in [0.4, 0.5) is 15.9 Å². The van der Waals surface area contributed by atoms with Crippen LogP contribution in [0.25, 0.3) is 11.1 Å². The highest BCUT2D eigenvalue weighted by Gasteiger charge is 2.20. The van der Waals surface area contributed by atoms with Crippen LogP contribution in [0.1, 0.15) is 11.1 Å². The molecular weight excluding hydrogens is 289 g/mol. The first-order valence-corrected chi connectivity index (χ1v) is 7.38. The molecule has 3 aromatic rings. The van der Waals surface area contributed by atoms with Crippen LogP contribution in [0.5, 0.6) is 0 Å². The second-order valence-electron chi connectivity index (χ2n) is 5.55. The Morgan fingerprint density at radius 1 is 0.957 bits per heavy atom. The molecule has 0 unspecified atom stereocenters. The van der Waals surface area contributed by atoms with Gasteiger partial charge in [0.05, 0.1) is 5.71 Å². The first kappa shape index (κ1) is 13.6. The summed E-state index contributed by atoms with van der Waals surface area (Å²) in [5, 5.41) is 0. The maximum Gasteiger partial charge on any atom is 0.155 e. The lowest BCUT2D eigenvalue weighted by atomic mass is 10.0. The Morgan fingerprint density at radius 3 is 2.61 bits per heavy atom. The van der Waals surface area contributed by atoms with Crippen molar-refractivity contribution in [1.29, 1.82) is 0 Å². The lowest BCUT2D eigenvalue weighted by Gasteiger charge is -2.04. The minimum Gasteiger partial charge on any atom is -0.399 e. The van der Waals surface area contributed by atoms with Gasteiger partial charge in [-0.3, -0.25) is 0 Å². The lowest BCUT2D eigenvalue weighted by molar-refractivity contribution is 0.625. The molecule has 0 atom stereocenters. The van der Waals surface area contributed by atoms with Crippen LogP contribution >= 0.6 is 0 Å². The molecule has 1 aliphatic rings. The maximum atomic E-state index is 14.0. The Balaban J connectivity index is 1.70. The third kappa shape index (κ3) is 2.48. The van der Waals surface area contributed by atoms with E-state index in [1.807, 2.05) is 30.3 Å². The standard InChI is InChI=1S/C19H14FN3/c20-17-7-6-15(21)10-16(17)18-9-13-8-14(11-22-19(13)23-18)12-4-2-1-3-5-12/h1-8,10-11H,9,21H2. The zero-order chi connectivity index (χ0) is 15.8. The summed E-state index contributed by atoms with van der Waals surface area (Å²) in [5.74, 6) is 0.343. The molecule has 0 saturated heterocycles. The minimum atomic E-state index is -0.311. The molecule has 3 nitrogen and oxygen atoms in total. The van der Waals surface area contributed by atoms with Crippen LogP contribution in [-0.2, 0) is 6.42 Å². The number of nitrogens with zero attached hydrogens (tertiary/aromatic N) is 2. The summed E-state index contributed by atoms with van der Waals surface area (Å²) >= 11 is 0. The van der Waals surface area contributed by atoms with Crippen molar-refractivity contribution in [2.24, 2.45) is 4.99 Å². The maximum absolute atomic E-state index is 14.0. The van der Waals surface area contributed by atoms with Gasteiger partial charge in [0.15, 0.2) is 5.82 Å². The summed E-state index contributed by atoms with van der Waals surface area (Å²) in [5.41, 5.74) is 10.5. The van der Waals surface area contributed by atoms with Gasteiger partial charge >= 0.3 is 0 Å². The van der Waals surface area contributed by atoms with E-state index in [0.29, 0.717) is 29.2 Å². The molecular formula is C19H14FN3. The lowest BCUT2D eigenvalue weighted by Crippen LogP contribution is -2.04. The van der Waals surface area contributed by atoms with Crippen molar-refractivity contribution < 1.29 is 4.39 Å². The average Bonchev–Trinajstić information content (AvgIpc) is 3.00. The van der Waals surface area contributed by atoms with E-state index in [4.69, 9.17) is 5.73 Å². The Morgan fingerprint density at radius 2 is 1.78 bits per heavy atom. The fraction of sp³-hybridized carbons (Fsp3) is 0.0526. The van der Waals surface area contributed by atoms with E-state index in [0.717, 1.165) is 16.7 Å². The third-order valence-corrected chi connectivity index (χ3v) is 3.95. The summed E-state index contributed by atoms with van der Waals surface area (Å²) < 4.78 is 14.0. The highest BCUT2D eigenvalue weighted by Crippen LogP contribution is 2.31. The Hall–Kier alpha value is -3.01. The zero-order valence-corrected chi connectivity index (χ0v) is 12.3. The Labute approximate surface area is 133 Å². The van der Waals surface area contributed by atoms with Gasteiger partial charge in [-0.05, 0) is 29.8 Å². The highest BCUT2D eigenvalue weighted by atomic mass is 19.1. The Kier molecular flexibility index (Phi) is 3.15. The van der Waals surface area contributed by atoms with E-state index in [1.54, 1.807) is 18.3 Å². The molecule has 1 aromatic heterocycles. The second kappa shape index (κ2) is 5.32. The molecule has 0 aliphatic carbocycles. The third-order valence-electron chi connectivity index (χ3n) is 3.95. The summed E-state index contributed by atoms with van der Waals surface area (Å²) in [7, 11) is 0. The minimum absolute atomic E-state index is 0.311. The summed E-state index contributed by atoms with van der Waals surface area (Å²) in [6.07, 6.45) is 2.36. The van der Waals surface area contributed by atoms with E-state index in [2.05, 4.69) is 16.0 Å². The van der Waals surface area contributed by atoms with Crippen LogP contribution in [-0.4, -0.2) is 10.7 Å². The molecule has 2 aromatic carbocycles. The van der Waals surface area contributed by atoms with Gasteiger partial charge in [0.25, 0.3) is 0 Å². The average molecular weight is 303 g/mol. The first-order chi connectivity index (χ1) is 11.2. The highest BCUT2D eigenvalue weighted by molar-refractivity contribution is 6.06. The van der Waals surface area contributed by atoms with Gasteiger partial charge in [-0.25, -0.2) is 14.4 Å². The molecule has 4 heteroatoms. The predicted octanol–water partition coefficient (Wildman–Crippen LogP) is 4.15. The largest absolute Gasteiger partial charge is 0.399 e. The summed E-state index contributed by atoms with van der Waals surface area (Å²) in [6.45, 7) is 0.